The minimum absolute atomic E-state index is 0.0308. The molecule has 94 valence electrons. The standard InChI is InChI=1S/C10H6BrClFN3O2/c1-17-9-14-8(12)15-10(16-9)18-7-3-2-5(13)4-6(7)11/h2-4H,1H3. The van der Waals surface area contributed by atoms with E-state index in [2.05, 4.69) is 30.9 Å². The zero-order chi connectivity index (χ0) is 13.1. The second-order valence-corrected chi connectivity index (χ2v) is 4.24. The molecule has 0 bridgehead atoms. The lowest BCUT2D eigenvalue weighted by Crippen LogP contribution is -1.99. The first-order valence-electron chi connectivity index (χ1n) is 4.67. The number of halogens is 3. The first-order valence-corrected chi connectivity index (χ1v) is 5.84. The highest BCUT2D eigenvalue weighted by molar-refractivity contribution is 9.10. The molecule has 0 aliphatic rings. The van der Waals surface area contributed by atoms with Crippen molar-refractivity contribution in [1.29, 1.82) is 0 Å². The summed E-state index contributed by atoms with van der Waals surface area (Å²) in [6, 6.07) is 3.93. The van der Waals surface area contributed by atoms with Crippen molar-refractivity contribution >= 4 is 27.5 Å². The van der Waals surface area contributed by atoms with Crippen LogP contribution in [0.25, 0.3) is 0 Å². The fraction of sp³-hybridized carbons (Fsp3) is 0.100. The molecule has 0 aliphatic carbocycles. The number of hydrogen-bond donors (Lipinski definition) is 0. The third kappa shape index (κ3) is 3.05. The molecule has 0 amide bonds. The van der Waals surface area contributed by atoms with Gasteiger partial charge in [0.1, 0.15) is 11.6 Å². The fourth-order valence-corrected chi connectivity index (χ4v) is 1.68. The number of nitrogens with zero attached hydrogens (tertiary/aromatic N) is 3. The maximum Gasteiger partial charge on any atom is 0.329 e. The van der Waals surface area contributed by atoms with Gasteiger partial charge in [0.05, 0.1) is 11.6 Å². The van der Waals surface area contributed by atoms with E-state index in [-0.39, 0.29) is 23.1 Å². The van der Waals surface area contributed by atoms with Crippen molar-refractivity contribution in [3.63, 3.8) is 0 Å². The average molecular weight is 335 g/mol. The summed E-state index contributed by atoms with van der Waals surface area (Å²) in [5.41, 5.74) is 0. The molecule has 1 heterocycles. The summed E-state index contributed by atoms with van der Waals surface area (Å²) in [7, 11) is 1.39. The van der Waals surface area contributed by atoms with Crippen LogP contribution >= 0.6 is 27.5 Å². The van der Waals surface area contributed by atoms with Crippen molar-refractivity contribution in [1.82, 2.24) is 15.0 Å². The smallest absolute Gasteiger partial charge is 0.329 e. The van der Waals surface area contributed by atoms with E-state index in [9.17, 15) is 4.39 Å². The number of methoxy groups -OCH3 is 1. The third-order valence-corrected chi connectivity index (χ3v) is 2.63. The maximum absolute atomic E-state index is 12.9. The maximum atomic E-state index is 12.9. The average Bonchev–Trinajstić information content (AvgIpc) is 2.32. The van der Waals surface area contributed by atoms with E-state index >= 15 is 0 Å². The van der Waals surface area contributed by atoms with Gasteiger partial charge >= 0.3 is 12.0 Å². The van der Waals surface area contributed by atoms with Crippen molar-refractivity contribution in [2.75, 3.05) is 7.11 Å². The number of hydrogen-bond acceptors (Lipinski definition) is 5. The zero-order valence-electron chi connectivity index (χ0n) is 9.02. The number of benzene rings is 1. The molecule has 18 heavy (non-hydrogen) atoms. The summed E-state index contributed by atoms with van der Waals surface area (Å²) in [5, 5.41) is -0.0601. The predicted octanol–water partition coefficient (Wildman–Crippen LogP) is 3.23. The molecule has 2 rings (SSSR count). The first kappa shape index (κ1) is 13.0. The van der Waals surface area contributed by atoms with Gasteiger partial charge in [0.15, 0.2) is 0 Å². The van der Waals surface area contributed by atoms with Crippen molar-refractivity contribution < 1.29 is 13.9 Å². The minimum atomic E-state index is -0.388. The lowest BCUT2D eigenvalue weighted by atomic mass is 10.3. The Bertz CT molecular complexity index is 585. The molecule has 0 aliphatic heterocycles. The molecular weight excluding hydrogens is 328 g/mol. The quantitative estimate of drug-likeness (QED) is 0.862. The van der Waals surface area contributed by atoms with Crippen LogP contribution in [0.5, 0.6) is 17.8 Å². The Morgan fingerprint density at radius 2 is 1.94 bits per heavy atom. The summed E-state index contributed by atoms with van der Waals surface area (Å²) in [5.74, 6) is -0.0406. The molecule has 0 saturated heterocycles. The number of aromatic nitrogens is 3. The summed E-state index contributed by atoms with van der Waals surface area (Å²) < 4.78 is 23.5. The van der Waals surface area contributed by atoms with Gasteiger partial charge in [-0.3, -0.25) is 0 Å². The van der Waals surface area contributed by atoms with E-state index in [4.69, 9.17) is 21.1 Å². The van der Waals surface area contributed by atoms with Gasteiger partial charge in [-0.2, -0.15) is 9.97 Å². The van der Waals surface area contributed by atoms with E-state index in [0.717, 1.165) is 0 Å². The molecule has 0 unspecified atom stereocenters. The highest BCUT2D eigenvalue weighted by Crippen LogP contribution is 2.29. The molecular formula is C10H6BrClFN3O2. The Morgan fingerprint density at radius 3 is 2.61 bits per heavy atom. The molecule has 8 heteroatoms. The molecule has 0 radical (unpaired) electrons. The lowest BCUT2D eigenvalue weighted by molar-refractivity contribution is 0.358. The van der Waals surface area contributed by atoms with E-state index in [1.165, 1.54) is 25.3 Å². The Kier molecular flexibility index (Phi) is 3.93. The van der Waals surface area contributed by atoms with Gasteiger partial charge in [-0.15, -0.1) is 4.98 Å². The Balaban J connectivity index is 2.30. The highest BCUT2D eigenvalue weighted by Gasteiger charge is 2.10. The van der Waals surface area contributed by atoms with Gasteiger partial charge in [0.25, 0.3) is 0 Å². The van der Waals surface area contributed by atoms with Crippen LogP contribution in [0.2, 0.25) is 5.28 Å². The second kappa shape index (κ2) is 5.45. The van der Waals surface area contributed by atoms with Crippen LogP contribution in [0, 0.1) is 5.82 Å². The fourth-order valence-electron chi connectivity index (χ4n) is 1.11. The Labute approximate surface area is 115 Å². The van der Waals surface area contributed by atoms with E-state index in [1.54, 1.807) is 0 Å². The molecule has 0 fully saturated rings. The molecule has 5 nitrogen and oxygen atoms in total. The van der Waals surface area contributed by atoms with Crippen LogP contribution in [-0.4, -0.2) is 22.1 Å². The SMILES string of the molecule is COc1nc(Cl)nc(Oc2ccc(F)cc2Br)n1. The molecule has 0 spiro atoms. The van der Waals surface area contributed by atoms with Crippen molar-refractivity contribution in [3.8, 4) is 17.8 Å². The van der Waals surface area contributed by atoms with Gasteiger partial charge in [-0.05, 0) is 45.7 Å². The summed E-state index contributed by atoms with van der Waals surface area (Å²) in [4.78, 5) is 11.3. The van der Waals surface area contributed by atoms with Crippen LogP contribution in [0.4, 0.5) is 4.39 Å². The molecule has 0 atom stereocenters. The summed E-state index contributed by atoms with van der Waals surface area (Å²) in [6.45, 7) is 0. The van der Waals surface area contributed by atoms with E-state index in [0.29, 0.717) is 10.2 Å². The molecule has 0 saturated carbocycles. The molecule has 2 aromatic rings. The topological polar surface area (TPSA) is 57.1 Å². The monoisotopic (exact) mass is 333 g/mol. The van der Waals surface area contributed by atoms with Crippen LogP contribution < -0.4 is 9.47 Å². The van der Waals surface area contributed by atoms with Gasteiger partial charge < -0.3 is 9.47 Å². The predicted molar refractivity (Wildman–Crippen MR) is 65.6 cm³/mol. The van der Waals surface area contributed by atoms with Crippen LogP contribution in [0.1, 0.15) is 0 Å². The first-order chi connectivity index (χ1) is 8.58. The molecule has 0 N–H and O–H groups in total. The molecule has 1 aromatic carbocycles. The Morgan fingerprint density at radius 1 is 1.22 bits per heavy atom. The van der Waals surface area contributed by atoms with Gasteiger partial charge in [0, 0.05) is 0 Å². The van der Waals surface area contributed by atoms with Gasteiger partial charge in [-0.25, -0.2) is 4.39 Å². The van der Waals surface area contributed by atoms with Crippen molar-refractivity contribution in [2.45, 2.75) is 0 Å². The van der Waals surface area contributed by atoms with E-state index in [1.807, 2.05) is 0 Å². The van der Waals surface area contributed by atoms with Crippen LogP contribution in [-0.2, 0) is 0 Å². The van der Waals surface area contributed by atoms with Crippen LogP contribution in [0.3, 0.4) is 0 Å². The van der Waals surface area contributed by atoms with Gasteiger partial charge in [-0.1, -0.05) is 0 Å². The zero-order valence-corrected chi connectivity index (χ0v) is 11.4. The van der Waals surface area contributed by atoms with Gasteiger partial charge in [0.2, 0.25) is 5.28 Å². The van der Waals surface area contributed by atoms with Crippen molar-refractivity contribution in [2.24, 2.45) is 0 Å². The largest absolute Gasteiger partial charge is 0.467 e. The summed E-state index contributed by atoms with van der Waals surface area (Å²) in [6.07, 6.45) is 0. The normalized spacial score (nSPS) is 10.2. The minimum Gasteiger partial charge on any atom is -0.467 e. The third-order valence-electron chi connectivity index (χ3n) is 1.84. The summed E-state index contributed by atoms with van der Waals surface area (Å²) >= 11 is 8.82. The lowest BCUT2D eigenvalue weighted by Gasteiger charge is -2.06. The van der Waals surface area contributed by atoms with Crippen LogP contribution in [0.15, 0.2) is 22.7 Å². The number of ether oxygens (including phenoxy) is 2. The Hall–Kier alpha value is -1.47. The number of rotatable bonds is 3. The second-order valence-electron chi connectivity index (χ2n) is 3.05. The van der Waals surface area contributed by atoms with Crippen molar-refractivity contribution in [3.05, 3.63) is 33.8 Å². The molecule has 1 aromatic heterocycles. The van der Waals surface area contributed by atoms with E-state index < -0.39 is 0 Å². The highest BCUT2D eigenvalue weighted by atomic mass is 79.9.